The molecule has 96 valence electrons. The number of rotatable bonds is 7. The van der Waals surface area contributed by atoms with Crippen LogP contribution in [0.25, 0.3) is 0 Å². The van der Waals surface area contributed by atoms with Gasteiger partial charge in [0.25, 0.3) is 0 Å². The zero-order chi connectivity index (χ0) is 11.9. The molecular weight excluding hydrogens is 218 g/mol. The fourth-order valence-corrected chi connectivity index (χ4v) is 2.02. The minimum absolute atomic E-state index is 0.357. The lowest BCUT2D eigenvalue weighted by Gasteiger charge is -2.06. The SMILES string of the molecule is COCCNCc1cnc(CC2CCCO2)[nH]1. The van der Waals surface area contributed by atoms with E-state index in [-0.39, 0.29) is 0 Å². The minimum atomic E-state index is 0.357. The van der Waals surface area contributed by atoms with Crippen LogP contribution >= 0.6 is 0 Å². The van der Waals surface area contributed by atoms with Crippen molar-refractivity contribution in [1.82, 2.24) is 15.3 Å². The van der Waals surface area contributed by atoms with E-state index in [0.717, 1.165) is 50.7 Å². The fourth-order valence-electron chi connectivity index (χ4n) is 2.02. The van der Waals surface area contributed by atoms with Gasteiger partial charge in [-0.1, -0.05) is 0 Å². The van der Waals surface area contributed by atoms with Crippen molar-refractivity contribution in [2.24, 2.45) is 0 Å². The van der Waals surface area contributed by atoms with E-state index in [0.29, 0.717) is 6.10 Å². The first kappa shape index (κ1) is 12.5. The van der Waals surface area contributed by atoms with Gasteiger partial charge in [0.2, 0.25) is 0 Å². The normalized spacial score (nSPS) is 19.9. The largest absolute Gasteiger partial charge is 0.383 e. The molecule has 1 aromatic rings. The number of imidazole rings is 1. The summed E-state index contributed by atoms with van der Waals surface area (Å²) in [6, 6.07) is 0. The van der Waals surface area contributed by atoms with E-state index in [1.165, 1.54) is 6.42 Å². The summed E-state index contributed by atoms with van der Waals surface area (Å²) in [6.07, 6.45) is 5.48. The summed E-state index contributed by atoms with van der Waals surface area (Å²) >= 11 is 0. The van der Waals surface area contributed by atoms with Gasteiger partial charge in [-0.15, -0.1) is 0 Å². The Hall–Kier alpha value is -0.910. The van der Waals surface area contributed by atoms with E-state index in [2.05, 4.69) is 15.3 Å². The molecule has 0 aromatic carbocycles. The molecule has 0 saturated carbocycles. The average molecular weight is 239 g/mol. The monoisotopic (exact) mass is 239 g/mol. The minimum Gasteiger partial charge on any atom is -0.383 e. The molecule has 0 radical (unpaired) electrons. The zero-order valence-electron chi connectivity index (χ0n) is 10.4. The smallest absolute Gasteiger partial charge is 0.108 e. The summed E-state index contributed by atoms with van der Waals surface area (Å²) in [4.78, 5) is 7.69. The molecule has 1 unspecified atom stereocenters. The van der Waals surface area contributed by atoms with Crippen LogP contribution in [0.2, 0.25) is 0 Å². The predicted molar refractivity (Wildman–Crippen MR) is 64.8 cm³/mol. The maximum Gasteiger partial charge on any atom is 0.108 e. The van der Waals surface area contributed by atoms with E-state index >= 15 is 0 Å². The number of aromatic nitrogens is 2. The zero-order valence-corrected chi connectivity index (χ0v) is 10.4. The van der Waals surface area contributed by atoms with Crippen molar-refractivity contribution in [3.05, 3.63) is 17.7 Å². The molecule has 5 heteroatoms. The highest BCUT2D eigenvalue weighted by Gasteiger charge is 2.17. The first-order valence-corrected chi connectivity index (χ1v) is 6.22. The van der Waals surface area contributed by atoms with Crippen molar-refractivity contribution in [2.45, 2.75) is 31.9 Å². The van der Waals surface area contributed by atoms with Gasteiger partial charge < -0.3 is 19.8 Å². The molecule has 5 nitrogen and oxygen atoms in total. The van der Waals surface area contributed by atoms with Gasteiger partial charge in [0.1, 0.15) is 5.82 Å². The first-order valence-electron chi connectivity index (χ1n) is 6.22. The summed E-state index contributed by atoms with van der Waals surface area (Å²) < 4.78 is 10.6. The number of hydrogen-bond donors (Lipinski definition) is 2. The Morgan fingerprint density at radius 2 is 2.59 bits per heavy atom. The third-order valence-corrected chi connectivity index (χ3v) is 2.92. The molecule has 1 saturated heterocycles. The van der Waals surface area contributed by atoms with Crippen molar-refractivity contribution in [2.75, 3.05) is 26.9 Å². The van der Waals surface area contributed by atoms with Crippen LogP contribution in [-0.2, 0) is 22.4 Å². The highest BCUT2D eigenvalue weighted by atomic mass is 16.5. The lowest BCUT2D eigenvalue weighted by atomic mass is 10.2. The molecule has 2 rings (SSSR count). The molecule has 1 aromatic heterocycles. The maximum absolute atomic E-state index is 5.59. The molecule has 0 spiro atoms. The number of nitrogens with one attached hydrogen (secondary N) is 2. The van der Waals surface area contributed by atoms with Gasteiger partial charge in [-0.3, -0.25) is 0 Å². The highest BCUT2D eigenvalue weighted by Crippen LogP contribution is 2.15. The maximum atomic E-state index is 5.59. The average Bonchev–Trinajstić information content (AvgIpc) is 2.97. The Balaban J connectivity index is 1.71. The van der Waals surface area contributed by atoms with Gasteiger partial charge in [-0.2, -0.15) is 0 Å². The number of hydrogen-bond acceptors (Lipinski definition) is 4. The predicted octanol–water partition coefficient (Wildman–Crippen LogP) is 0.867. The molecule has 1 aliphatic heterocycles. The van der Waals surface area contributed by atoms with Gasteiger partial charge in [-0.05, 0) is 12.8 Å². The summed E-state index contributed by atoms with van der Waals surface area (Å²) in [5, 5.41) is 3.28. The van der Waals surface area contributed by atoms with Crippen LogP contribution in [0.15, 0.2) is 6.20 Å². The van der Waals surface area contributed by atoms with Crippen LogP contribution in [0, 0.1) is 0 Å². The number of ether oxygens (including phenoxy) is 2. The summed E-state index contributed by atoms with van der Waals surface area (Å²) in [5.41, 5.74) is 1.12. The number of H-pyrrole nitrogens is 1. The van der Waals surface area contributed by atoms with Crippen molar-refractivity contribution in [3.8, 4) is 0 Å². The Bertz CT molecular complexity index is 321. The van der Waals surface area contributed by atoms with Crippen LogP contribution in [0.5, 0.6) is 0 Å². The number of methoxy groups -OCH3 is 1. The topological polar surface area (TPSA) is 59.2 Å². The molecular formula is C12H21N3O2. The quantitative estimate of drug-likeness (QED) is 0.693. The van der Waals surface area contributed by atoms with E-state index in [1.807, 2.05) is 6.20 Å². The van der Waals surface area contributed by atoms with Crippen molar-refractivity contribution in [1.29, 1.82) is 0 Å². The molecule has 2 heterocycles. The summed E-state index contributed by atoms with van der Waals surface area (Å²) in [6.45, 7) is 3.30. The van der Waals surface area contributed by atoms with Crippen LogP contribution in [0.3, 0.4) is 0 Å². The third kappa shape index (κ3) is 4.11. The Labute approximate surface area is 102 Å². The van der Waals surface area contributed by atoms with Gasteiger partial charge >= 0.3 is 0 Å². The van der Waals surface area contributed by atoms with Crippen LogP contribution in [-0.4, -0.2) is 42.9 Å². The lowest BCUT2D eigenvalue weighted by molar-refractivity contribution is 0.110. The van der Waals surface area contributed by atoms with Crippen molar-refractivity contribution in [3.63, 3.8) is 0 Å². The summed E-state index contributed by atoms with van der Waals surface area (Å²) in [5.74, 6) is 1.03. The molecule has 1 aliphatic rings. The van der Waals surface area contributed by atoms with Crippen molar-refractivity contribution >= 4 is 0 Å². The summed E-state index contributed by atoms with van der Waals surface area (Å²) in [7, 11) is 1.71. The van der Waals surface area contributed by atoms with Crippen molar-refractivity contribution < 1.29 is 9.47 Å². The molecule has 0 aliphatic carbocycles. The molecule has 1 fully saturated rings. The van der Waals surface area contributed by atoms with E-state index in [9.17, 15) is 0 Å². The Morgan fingerprint density at radius 3 is 3.35 bits per heavy atom. The Kier molecular flexibility index (Phi) is 4.97. The highest BCUT2D eigenvalue weighted by molar-refractivity contribution is 5.02. The standard InChI is InChI=1S/C12H21N3O2/c1-16-6-4-13-8-10-9-14-12(15-10)7-11-3-2-5-17-11/h9,11,13H,2-8H2,1H3,(H,14,15). The third-order valence-electron chi connectivity index (χ3n) is 2.92. The molecule has 0 amide bonds. The van der Waals surface area contributed by atoms with E-state index < -0.39 is 0 Å². The second-order valence-corrected chi connectivity index (χ2v) is 4.36. The number of aromatic amines is 1. The lowest BCUT2D eigenvalue weighted by Crippen LogP contribution is -2.18. The van der Waals surface area contributed by atoms with Gasteiger partial charge in [0, 0.05) is 45.1 Å². The van der Waals surface area contributed by atoms with Gasteiger partial charge in [-0.25, -0.2) is 4.98 Å². The fraction of sp³-hybridized carbons (Fsp3) is 0.750. The second-order valence-electron chi connectivity index (χ2n) is 4.36. The van der Waals surface area contributed by atoms with Crippen LogP contribution in [0.1, 0.15) is 24.4 Å². The molecule has 2 N–H and O–H groups in total. The molecule has 0 bridgehead atoms. The van der Waals surface area contributed by atoms with E-state index in [1.54, 1.807) is 7.11 Å². The Morgan fingerprint density at radius 1 is 1.65 bits per heavy atom. The molecule has 1 atom stereocenters. The first-order chi connectivity index (χ1) is 8.38. The van der Waals surface area contributed by atoms with Gasteiger partial charge in [0.05, 0.1) is 12.7 Å². The van der Waals surface area contributed by atoms with Crippen LogP contribution < -0.4 is 5.32 Å². The van der Waals surface area contributed by atoms with Gasteiger partial charge in [0.15, 0.2) is 0 Å². The number of nitrogens with zero attached hydrogens (tertiary/aromatic N) is 1. The molecule has 17 heavy (non-hydrogen) atoms. The van der Waals surface area contributed by atoms with Crippen LogP contribution in [0.4, 0.5) is 0 Å². The second kappa shape index (κ2) is 6.74. The van der Waals surface area contributed by atoms with E-state index in [4.69, 9.17) is 9.47 Å².